The van der Waals surface area contributed by atoms with Crippen LogP contribution in [0.2, 0.25) is 0 Å². The molecule has 5 heteroatoms. The lowest BCUT2D eigenvalue weighted by molar-refractivity contribution is 0.520. The van der Waals surface area contributed by atoms with Crippen LogP contribution in [0.15, 0.2) is 29.2 Å². The summed E-state index contributed by atoms with van der Waals surface area (Å²) in [5.41, 5.74) is 0.716. The molecule has 1 aliphatic carbocycles. The molecule has 0 bridgehead atoms. The minimum absolute atomic E-state index is 0.348. The number of hydrogen-bond acceptors (Lipinski definition) is 3. The van der Waals surface area contributed by atoms with Crippen LogP contribution in [0.1, 0.15) is 32.6 Å². The van der Waals surface area contributed by atoms with Crippen molar-refractivity contribution in [1.29, 1.82) is 0 Å². The third kappa shape index (κ3) is 3.52. The smallest absolute Gasteiger partial charge is 0.244 e. The van der Waals surface area contributed by atoms with E-state index in [2.05, 4.69) is 12.2 Å². The van der Waals surface area contributed by atoms with Gasteiger partial charge in [-0.25, -0.2) is 12.7 Å². The van der Waals surface area contributed by atoms with Gasteiger partial charge in [0.1, 0.15) is 4.90 Å². The Morgan fingerprint density at radius 3 is 2.50 bits per heavy atom. The summed E-state index contributed by atoms with van der Waals surface area (Å²) in [5, 5.41) is 3.42. The van der Waals surface area contributed by atoms with Gasteiger partial charge in [0, 0.05) is 20.1 Å². The highest BCUT2D eigenvalue weighted by molar-refractivity contribution is 7.89. The van der Waals surface area contributed by atoms with Crippen LogP contribution in [0.5, 0.6) is 0 Å². The largest absolute Gasteiger partial charge is 0.381 e. The third-order valence-electron chi connectivity index (χ3n) is 3.81. The summed E-state index contributed by atoms with van der Waals surface area (Å²) >= 11 is 0. The van der Waals surface area contributed by atoms with Crippen LogP contribution in [0.25, 0.3) is 0 Å². The standard InChI is InChI=1S/C15H24N2O2S/c1-4-13(11-12-9-10-12)16-14-7-5-6-8-15(14)20(18,19)17(2)3/h5-8,12-13,16H,4,9-11H2,1-3H3. The highest BCUT2D eigenvalue weighted by Crippen LogP contribution is 2.35. The van der Waals surface area contributed by atoms with Gasteiger partial charge in [-0.15, -0.1) is 0 Å². The van der Waals surface area contributed by atoms with Crippen molar-refractivity contribution in [3.05, 3.63) is 24.3 Å². The number of hydrogen-bond donors (Lipinski definition) is 1. The van der Waals surface area contributed by atoms with Gasteiger partial charge in [0.15, 0.2) is 0 Å². The predicted octanol–water partition coefficient (Wildman–Crippen LogP) is 2.93. The van der Waals surface area contributed by atoms with Crippen LogP contribution in [0, 0.1) is 5.92 Å². The van der Waals surface area contributed by atoms with Gasteiger partial charge in [0.2, 0.25) is 10.0 Å². The van der Waals surface area contributed by atoms with Crippen LogP contribution in [-0.4, -0.2) is 32.9 Å². The van der Waals surface area contributed by atoms with Gasteiger partial charge in [0.05, 0.1) is 5.69 Å². The van der Waals surface area contributed by atoms with E-state index in [0.29, 0.717) is 16.6 Å². The molecule has 0 aliphatic heterocycles. The van der Waals surface area contributed by atoms with Gasteiger partial charge in [-0.1, -0.05) is 31.9 Å². The first-order valence-electron chi connectivity index (χ1n) is 7.23. The number of sulfonamides is 1. The quantitative estimate of drug-likeness (QED) is 0.841. The number of rotatable bonds is 7. The fraction of sp³-hybridized carbons (Fsp3) is 0.600. The Hall–Kier alpha value is -1.07. The molecule has 0 radical (unpaired) electrons. The lowest BCUT2D eigenvalue weighted by Gasteiger charge is -2.21. The second kappa shape index (κ2) is 6.14. The van der Waals surface area contributed by atoms with E-state index >= 15 is 0 Å². The van der Waals surface area contributed by atoms with Crippen molar-refractivity contribution in [2.75, 3.05) is 19.4 Å². The molecular weight excluding hydrogens is 272 g/mol. The lowest BCUT2D eigenvalue weighted by Crippen LogP contribution is -2.25. The van der Waals surface area contributed by atoms with E-state index in [-0.39, 0.29) is 0 Å². The van der Waals surface area contributed by atoms with Crippen LogP contribution in [-0.2, 0) is 10.0 Å². The number of nitrogens with one attached hydrogen (secondary N) is 1. The zero-order chi connectivity index (χ0) is 14.8. The zero-order valence-corrected chi connectivity index (χ0v) is 13.3. The fourth-order valence-corrected chi connectivity index (χ4v) is 3.36. The minimum Gasteiger partial charge on any atom is -0.381 e. The van der Waals surface area contributed by atoms with Gasteiger partial charge in [-0.05, 0) is 30.9 Å². The molecule has 1 saturated carbocycles. The number of para-hydroxylation sites is 1. The fourth-order valence-electron chi connectivity index (χ4n) is 2.31. The highest BCUT2D eigenvalue weighted by atomic mass is 32.2. The van der Waals surface area contributed by atoms with E-state index in [1.54, 1.807) is 26.2 Å². The number of anilines is 1. The molecule has 1 atom stereocenters. The van der Waals surface area contributed by atoms with Gasteiger partial charge < -0.3 is 5.32 Å². The SMILES string of the molecule is CCC(CC1CC1)Nc1ccccc1S(=O)(=O)N(C)C. The Labute approximate surface area is 122 Å². The van der Waals surface area contributed by atoms with Gasteiger partial charge in [-0.2, -0.15) is 0 Å². The molecule has 20 heavy (non-hydrogen) atoms. The van der Waals surface area contributed by atoms with Crippen LogP contribution >= 0.6 is 0 Å². The molecule has 2 rings (SSSR count). The van der Waals surface area contributed by atoms with E-state index in [4.69, 9.17) is 0 Å². The first-order valence-corrected chi connectivity index (χ1v) is 8.67. The summed E-state index contributed by atoms with van der Waals surface area (Å²) in [7, 11) is -0.277. The Bertz CT molecular complexity index is 551. The monoisotopic (exact) mass is 296 g/mol. The summed E-state index contributed by atoms with van der Waals surface area (Å²) in [6.07, 6.45) is 4.77. The Balaban J connectivity index is 2.22. The van der Waals surface area contributed by atoms with Crippen molar-refractivity contribution in [2.45, 2.75) is 43.5 Å². The van der Waals surface area contributed by atoms with Gasteiger partial charge >= 0.3 is 0 Å². The Morgan fingerprint density at radius 1 is 1.30 bits per heavy atom. The third-order valence-corrected chi connectivity index (χ3v) is 5.69. The maximum atomic E-state index is 12.3. The topological polar surface area (TPSA) is 49.4 Å². The average Bonchev–Trinajstić information content (AvgIpc) is 3.22. The lowest BCUT2D eigenvalue weighted by atomic mass is 10.1. The van der Waals surface area contributed by atoms with Crippen molar-refractivity contribution < 1.29 is 8.42 Å². The molecule has 1 aliphatic rings. The Morgan fingerprint density at radius 2 is 1.95 bits per heavy atom. The molecule has 1 aromatic carbocycles. The molecular formula is C15H24N2O2S. The molecule has 1 unspecified atom stereocenters. The van der Waals surface area contributed by atoms with E-state index in [1.807, 2.05) is 12.1 Å². The Kier molecular flexibility index (Phi) is 4.70. The molecule has 112 valence electrons. The van der Waals surface area contributed by atoms with Crippen LogP contribution < -0.4 is 5.32 Å². The summed E-state index contributed by atoms with van der Waals surface area (Å²) in [6, 6.07) is 7.51. The maximum Gasteiger partial charge on any atom is 0.244 e. The number of nitrogens with zero attached hydrogens (tertiary/aromatic N) is 1. The highest BCUT2D eigenvalue weighted by Gasteiger charge is 2.26. The van der Waals surface area contributed by atoms with Crippen LogP contribution in [0.3, 0.4) is 0 Å². The van der Waals surface area contributed by atoms with E-state index in [1.165, 1.54) is 17.1 Å². The van der Waals surface area contributed by atoms with Crippen LogP contribution in [0.4, 0.5) is 5.69 Å². The first kappa shape index (κ1) is 15.3. The summed E-state index contributed by atoms with van der Waals surface area (Å²) in [4.78, 5) is 0.360. The molecule has 0 amide bonds. The molecule has 0 spiro atoms. The first-order chi connectivity index (χ1) is 9.45. The van der Waals surface area contributed by atoms with E-state index in [0.717, 1.165) is 18.8 Å². The van der Waals surface area contributed by atoms with Gasteiger partial charge in [0.25, 0.3) is 0 Å². The minimum atomic E-state index is -3.40. The van der Waals surface area contributed by atoms with Crippen molar-refractivity contribution >= 4 is 15.7 Å². The molecule has 0 heterocycles. The summed E-state index contributed by atoms with van der Waals surface area (Å²) < 4.78 is 25.9. The van der Waals surface area contributed by atoms with Crippen molar-refractivity contribution in [3.63, 3.8) is 0 Å². The molecule has 4 nitrogen and oxygen atoms in total. The normalized spacial score (nSPS) is 17.2. The summed E-state index contributed by atoms with van der Waals surface area (Å²) in [6.45, 7) is 2.14. The predicted molar refractivity (Wildman–Crippen MR) is 82.4 cm³/mol. The molecule has 1 aromatic rings. The molecule has 1 fully saturated rings. The average molecular weight is 296 g/mol. The zero-order valence-electron chi connectivity index (χ0n) is 12.5. The van der Waals surface area contributed by atoms with Crippen molar-refractivity contribution in [1.82, 2.24) is 4.31 Å². The second-order valence-corrected chi connectivity index (χ2v) is 7.83. The maximum absolute atomic E-state index is 12.3. The second-order valence-electron chi connectivity index (χ2n) is 5.71. The molecule has 0 aromatic heterocycles. The molecule has 0 saturated heterocycles. The van der Waals surface area contributed by atoms with E-state index in [9.17, 15) is 8.42 Å². The molecule has 1 N–H and O–H groups in total. The summed E-state index contributed by atoms with van der Waals surface area (Å²) in [5.74, 6) is 0.824. The van der Waals surface area contributed by atoms with Crippen molar-refractivity contribution in [2.24, 2.45) is 5.92 Å². The van der Waals surface area contributed by atoms with Gasteiger partial charge in [-0.3, -0.25) is 0 Å². The number of benzene rings is 1. The van der Waals surface area contributed by atoms with E-state index < -0.39 is 10.0 Å². The van der Waals surface area contributed by atoms with Crippen molar-refractivity contribution in [3.8, 4) is 0 Å².